The van der Waals surface area contributed by atoms with Crippen LogP contribution in [-0.4, -0.2) is 29.7 Å². The van der Waals surface area contributed by atoms with Crippen LogP contribution in [0.25, 0.3) is 0 Å². The molecular weight excluding hydrogens is 326 g/mol. The Bertz CT molecular complexity index is 782. The van der Waals surface area contributed by atoms with Gasteiger partial charge in [0.1, 0.15) is 17.1 Å². The van der Waals surface area contributed by atoms with E-state index in [-0.39, 0.29) is 11.5 Å². The lowest BCUT2D eigenvalue weighted by Crippen LogP contribution is -2.48. The Morgan fingerprint density at radius 1 is 0.962 bits per heavy atom. The average Bonchev–Trinajstić information content (AvgIpc) is 2.61. The minimum atomic E-state index is -0.468. The van der Waals surface area contributed by atoms with Gasteiger partial charge >= 0.3 is 6.09 Å². The van der Waals surface area contributed by atoms with Crippen LogP contribution < -0.4 is 4.74 Å². The minimum absolute atomic E-state index is 0.107. The van der Waals surface area contributed by atoms with Crippen LogP contribution >= 0.6 is 0 Å². The quantitative estimate of drug-likeness (QED) is 0.662. The highest BCUT2D eigenvalue weighted by Gasteiger charge is 2.45. The summed E-state index contributed by atoms with van der Waals surface area (Å²) in [5.41, 5.74) is 1.87. The lowest BCUT2D eigenvalue weighted by Gasteiger charge is -2.45. The summed E-state index contributed by atoms with van der Waals surface area (Å²) in [5, 5.41) is 0. The van der Waals surface area contributed by atoms with Crippen LogP contribution in [0.15, 0.2) is 48.5 Å². The van der Waals surface area contributed by atoms with E-state index in [1.165, 1.54) is 11.1 Å². The zero-order valence-corrected chi connectivity index (χ0v) is 15.6. The molecule has 4 rings (SSSR count). The molecule has 2 aromatic rings. The van der Waals surface area contributed by atoms with E-state index in [0.717, 1.165) is 24.3 Å². The lowest BCUT2D eigenvalue weighted by molar-refractivity contribution is 0.0177. The molecule has 1 saturated heterocycles. The first kappa shape index (κ1) is 17.0. The molecule has 0 saturated carbocycles. The molecule has 0 atom stereocenters. The van der Waals surface area contributed by atoms with Gasteiger partial charge in [0.05, 0.1) is 0 Å². The molecule has 136 valence electrons. The van der Waals surface area contributed by atoms with Crippen LogP contribution in [0.5, 0.6) is 11.5 Å². The molecular formula is C22H25NO3. The van der Waals surface area contributed by atoms with Gasteiger partial charge in [-0.05, 0) is 45.7 Å². The number of hydrogen-bond donors (Lipinski definition) is 0. The number of fused-ring (bicyclic) bond motifs is 4. The predicted molar refractivity (Wildman–Crippen MR) is 101 cm³/mol. The molecule has 0 unspecified atom stereocenters. The third-order valence-corrected chi connectivity index (χ3v) is 5.29. The number of likely N-dealkylation sites (tertiary alicyclic amines) is 1. The molecule has 2 aliphatic heterocycles. The highest BCUT2D eigenvalue weighted by Crippen LogP contribution is 2.52. The Morgan fingerprint density at radius 3 is 1.96 bits per heavy atom. The first-order chi connectivity index (χ1) is 12.4. The maximum atomic E-state index is 12.5. The smallest absolute Gasteiger partial charge is 0.410 e. The van der Waals surface area contributed by atoms with Crippen molar-refractivity contribution in [2.24, 2.45) is 0 Å². The van der Waals surface area contributed by atoms with E-state index in [1.54, 1.807) is 0 Å². The number of nitrogens with zero attached hydrogens (tertiary/aromatic N) is 1. The zero-order chi connectivity index (χ0) is 18.4. The summed E-state index contributed by atoms with van der Waals surface area (Å²) in [6.45, 7) is 7.07. The Hall–Kier alpha value is -2.49. The molecule has 0 aromatic heterocycles. The Kier molecular flexibility index (Phi) is 3.94. The standard InChI is InChI=1S/C22H25NO3/c1-21(2,3)26-20(24)23-14-12-22(13-15-23)16-8-4-6-10-18(16)25-19-11-7-5-9-17(19)22/h4-11H,12-15H2,1-3H3. The van der Waals surface area contributed by atoms with Crippen molar-refractivity contribution >= 4 is 6.09 Å². The van der Waals surface area contributed by atoms with Crippen LogP contribution in [0.1, 0.15) is 44.7 Å². The second-order valence-electron chi connectivity index (χ2n) is 8.14. The van der Waals surface area contributed by atoms with Crippen LogP contribution in [0, 0.1) is 0 Å². The van der Waals surface area contributed by atoms with Gasteiger partial charge in [-0.2, -0.15) is 0 Å². The summed E-state index contributed by atoms with van der Waals surface area (Å²) in [6, 6.07) is 16.5. The fourth-order valence-electron chi connectivity index (χ4n) is 4.10. The summed E-state index contributed by atoms with van der Waals surface area (Å²) in [7, 11) is 0. The highest BCUT2D eigenvalue weighted by molar-refractivity contribution is 5.69. The summed E-state index contributed by atoms with van der Waals surface area (Å²) in [5.74, 6) is 1.86. The van der Waals surface area contributed by atoms with Gasteiger partial charge in [-0.3, -0.25) is 0 Å². The summed E-state index contributed by atoms with van der Waals surface area (Å²) >= 11 is 0. The van der Waals surface area contributed by atoms with Crippen molar-refractivity contribution < 1.29 is 14.3 Å². The first-order valence-corrected chi connectivity index (χ1v) is 9.24. The number of carbonyl (C=O) groups excluding carboxylic acids is 1. The number of para-hydroxylation sites is 2. The second-order valence-corrected chi connectivity index (χ2v) is 8.14. The van der Waals surface area contributed by atoms with Crippen molar-refractivity contribution in [3.63, 3.8) is 0 Å². The summed E-state index contributed by atoms with van der Waals surface area (Å²) in [4.78, 5) is 14.3. The number of amides is 1. The fourth-order valence-corrected chi connectivity index (χ4v) is 4.10. The molecule has 1 fully saturated rings. The van der Waals surface area contributed by atoms with Crippen molar-refractivity contribution in [3.8, 4) is 11.5 Å². The minimum Gasteiger partial charge on any atom is -0.457 e. The first-order valence-electron chi connectivity index (χ1n) is 9.24. The predicted octanol–water partition coefficient (Wildman–Crippen LogP) is 5.11. The number of ether oxygens (including phenoxy) is 2. The molecule has 1 amide bonds. The monoisotopic (exact) mass is 351 g/mol. The van der Waals surface area contributed by atoms with Crippen molar-refractivity contribution in [2.45, 2.75) is 44.6 Å². The Balaban J connectivity index is 1.65. The van der Waals surface area contributed by atoms with Gasteiger partial charge < -0.3 is 14.4 Å². The Labute approximate surface area is 154 Å². The van der Waals surface area contributed by atoms with E-state index in [0.29, 0.717) is 13.1 Å². The molecule has 2 heterocycles. The van der Waals surface area contributed by atoms with Gasteiger partial charge in [0.2, 0.25) is 0 Å². The third kappa shape index (κ3) is 2.83. The lowest BCUT2D eigenvalue weighted by atomic mass is 9.66. The third-order valence-electron chi connectivity index (χ3n) is 5.29. The maximum absolute atomic E-state index is 12.5. The molecule has 0 radical (unpaired) electrons. The number of rotatable bonds is 0. The molecule has 0 aliphatic carbocycles. The van der Waals surface area contributed by atoms with Crippen molar-refractivity contribution in [2.75, 3.05) is 13.1 Å². The summed E-state index contributed by atoms with van der Waals surface area (Å²) < 4.78 is 11.7. The Morgan fingerprint density at radius 2 is 1.46 bits per heavy atom. The number of carbonyl (C=O) groups is 1. The molecule has 0 N–H and O–H groups in total. The second kappa shape index (κ2) is 6.04. The van der Waals surface area contributed by atoms with E-state index in [4.69, 9.17) is 9.47 Å². The fraction of sp³-hybridized carbons (Fsp3) is 0.409. The van der Waals surface area contributed by atoms with E-state index >= 15 is 0 Å². The van der Waals surface area contributed by atoms with Gasteiger partial charge in [-0.15, -0.1) is 0 Å². The number of hydrogen-bond acceptors (Lipinski definition) is 3. The molecule has 0 bridgehead atoms. The van der Waals surface area contributed by atoms with E-state index in [1.807, 2.05) is 49.9 Å². The molecule has 1 spiro atoms. The number of benzene rings is 2. The van der Waals surface area contributed by atoms with Crippen LogP contribution in [0.3, 0.4) is 0 Å². The van der Waals surface area contributed by atoms with Crippen LogP contribution in [0.2, 0.25) is 0 Å². The van der Waals surface area contributed by atoms with E-state index in [9.17, 15) is 4.79 Å². The van der Waals surface area contributed by atoms with Crippen molar-refractivity contribution in [1.29, 1.82) is 0 Å². The van der Waals surface area contributed by atoms with Crippen molar-refractivity contribution in [3.05, 3.63) is 59.7 Å². The average molecular weight is 351 g/mol. The molecule has 4 nitrogen and oxygen atoms in total. The summed E-state index contributed by atoms with van der Waals surface area (Å²) in [6.07, 6.45) is 1.51. The topological polar surface area (TPSA) is 38.8 Å². The number of piperidine rings is 1. The van der Waals surface area contributed by atoms with Gasteiger partial charge in [0.25, 0.3) is 0 Å². The molecule has 26 heavy (non-hydrogen) atoms. The maximum Gasteiger partial charge on any atom is 0.410 e. The molecule has 2 aliphatic rings. The van der Waals surface area contributed by atoms with E-state index in [2.05, 4.69) is 24.3 Å². The zero-order valence-electron chi connectivity index (χ0n) is 15.6. The van der Waals surface area contributed by atoms with Gasteiger partial charge in [0.15, 0.2) is 0 Å². The van der Waals surface area contributed by atoms with Gasteiger partial charge in [0, 0.05) is 29.6 Å². The molecule has 2 aromatic carbocycles. The van der Waals surface area contributed by atoms with Gasteiger partial charge in [-0.1, -0.05) is 36.4 Å². The normalized spacial score (nSPS) is 17.9. The van der Waals surface area contributed by atoms with Crippen molar-refractivity contribution in [1.82, 2.24) is 4.90 Å². The largest absolute Gasteiger partial charge is 0.457 e. The van der Waals surface area contributed by atoms with Gasteiger partial charge in [-0.25, -0.2) is 4.79 Å². The van der Waals surface area contributed by atoms with Crippen LogP contribution in [-0.2, 0) is 10.2 Å². The molecule has 4 heteroatoms. The SMILES string of the molecule is CC(C)(C)OC(=O)N1CCC2(CC1)c1ccccc1Oc1ccccc12. The van der Waals surface area contributed by atoms with Crippen LogP contribution in [0.4, 0.5) is 4.79 Å². The van der Waals surface area contributed by atoms with E-state index < -0.39 is 5.60 Å². The highest BCUT2D eigenvalue weighted by atomic mass is 16.6.